The molecule has 2 aromatic heterocycles. The largest absolute Gasteiger partial charge is 0.495 e. The molecule has 2 aromatic carbocycles. The first-order valence-corrected chi connectivity index (χ1v) is 13.2. The molecule has 40 heavy (non-hydrogen) atoms. The van der Waals surface area contributed by atoms with Crippen molar-refractivity contribution >= 4 is 46.5 Å². The van der Waals surface area contributed by atoms with Crippen LogP contribution in [0.1, 0.15) is 40.3 Å². The third kappa shape index (κ3) is 5.63. The zero-order valence-electron chi connectivity index (χ0n) is 21.3. The fourth-order valence-corrected chi connectivity index (χ4v) is 5.18. The smallest absolute Gasteiger partial charge is 0.335 e. The molecule has 1 saturated heterocycles. The number of anilines is 1. The van der Waals surface area contributed by atoms with Gasteiger partial charge in [0.1, 0.15) is 23.3 Å². The van der Waals surface area contributed by atoms with Crippen LogP contribution in [0.4, 0.5) is 5.69 Å². The molecule has 9 nitrogen and oxygen atoms in total. The summed E-state index contributed by atoms with van der Waals surface area (Å²) in [5, 5.41) is 16.5. The van der Waals surface area contributed by atoms with E-state index in [9.17, 15) is 14.7 Å². The van der Waals surface area contributed by atoms with Gasteiger partial charge in [0.05, 0.1) is 35.1 Å². The van der Waals surface area contributed by atoms with E-state index in [4.69, 9.17) is 33.0 Å². The van der Waals surface area contributed by atoms with Gasteiger partial charge >= 0.3 is 5.97 Å². The standard InChI is InChI=1S/C29H25ClN4O5S/c1-38-23-8-3-2-6-20(23)32-25(35)13-15-34-27(26(33-29(34)40)21-7-4-5-14-31-21)24-12-11-22(39-24)18-16-17(28(36)37)9-10-19(18)30/h2-12,14,16,26-27H,13,15H2,1H3,(H,32,35)(H,33,40)(H,36,37)/t26-,27+/m1/s1. The SMILES string of the molecule is COc1ccccc1NC(=O)CCN1C(=S)N[C@H](c2ccccn2)[C@@H]1c1ccc(-c2cc(C(=O)O)ccc2Cl)o1. The van der Waals surface area contributed by atoms with Gasteiger partial charge in [-0.15, -0.1) is 0 Å². The highest BCUT2D eigenvalue weighted by atomic mass is 35.5. The first-order chi connectivity index (χ1) is 19.4. The minimum absolute atomic E-state index is 0.0927. The van der Waals surface area contributed by atoms with Crippen LogP contribution >= 0.6 is 23.8 Å². The molecule has 3 N–H and O–H groups in total. The van der Waals surface area contributed by atoms with Crippen LogP contribution in [0.15, 0.2) is 83.4 Å². The highest BCUT2D eigenvalue weighted by Crippen LogP contribution is 2.41. The average Bonchev–Trinajstić information content (AvgIpc) is 3.57. The van der Waals surface area contributed by atoms with Crippen LogP contribution in [0.5, 0.6) is 5.75 Å². The number of carboxylic acids is 1. The molecule has 1 aliphatic rings. The summed E-state index contributed by atoms with van der Waals surface area (Å²) < 4.78 is 11.6. The number of ether oxygens (including phenoxy) is 1. The maximum atomic E-state index is 12.9. The lowest BCUT2D eigenvalue weighted by Gasteiger charge is -2.26. The summed E-state index contributed by atoms with van der Waals surface area (Å²) in [5.74, 6) is 0.262. The van der Waals surface area contributed by atoms with Crippen LogP contribution in [-0.4, -0.2) is 45.6 Å². The lowest BCUT2D eigenvalue weighted by molar-refractivity contribution is -0.116. The van der Waals surface area contributed by atoms with Gasteiger partial charge in [-0.05, 0) is 66.8 Å². The Morgan fingerprint density at radius 3 is 2.70 bits per heavy atom. The lowest BCUT2D eigenvalue weighted by Crippen LogP contribution is -2.32. The molecule has 0 unspecified atom stereocenters. The van der Waals surface area contributed by atoms with Crippen molar-refractivity contribution in [3.63, 3.8) is 0 Å². The molecule has 0 radical (unpaired) electrons. The van der Waals surface area contributed by atoms with E-state index in [0.29, 0.717) is 45.2 Å². The summed E-state index contributed by atoms with van der Waals surface area (Å²) in [6.45, 7) is 0.298. The number of hydrogen-bond donors (Lipinski definition) is 3. The summed E-state index contributed by atoms with van der Waals surface area (Å²) in [4.78, 5) is 30.8. The van der Waals surface area contributed by atoms with Crippen LogP contribution in [0.2, 0.25) is 5.02 Å². The molecule has 4 aromatic rings. The molecule has 0 spiro atoms. The number of hydrogen-bond acceptors (Lipinski definition) is 6. The van der Waals surface area contributed by atoms with E-state index < -0.39 is 12.0 Å². The number of carbonyl (C=O) groups excluding carboxylic acids is 1. The van der Waals surface area contributed by atoms with Gasteiger partial charge in [0, 0.05) is 24.7 Å². The summed E-state index contributed by atoms with van der Waals surface area (Å²) >= 11 is 12.1. The van der Waals surface area contributed by atoms with Crippen molar-refractivity contribution in [2.24, 2.45) is 0 Å². The maximum Gasteiger partial charge on any atom is 0.335 e. The number of thiocarbonyl (C=S) groups is 1. The number of carbonyl (C=O) groups is 2. The molecular weight excluding hydrogens is 552 g/mol. The van der Waals surface area contributed by atoms with E-state index in [1.54, 1.807) is 37.6 Å². The molecular formula is C29H25ClN4O5S. The van der Waals surface area contributed by atoms with Crippen molar-refractivity contribution in [1.82, 2.24) is 15.2 Å². The van der Waals surface area contributed by atoms with E-state index >= 15 is 0 Å². The van der Waals surface area contributed by atoms with Gasteiger partial charge in [0.2, 0.25) is 5.91 Å². The quantitative estimate of drug-likeness (QED) is 0.216. The molecule has 0 aliphatic carbocycles. The molecule has 5 rings (SSSR count). The van der Waals surface area contributed by atoms with Crippen LogP contribution in [0, 0.1) is 0 Å². The van der Waals surface area contributed by atoms with Crippen LogP contribution in [-0.2, 0) is 4.79 Å². The first kappa shape index (κ1) is 27.2. The number of rotatable bonds is 9. The molecule has 2 atom stereocenters. The normalized spacial score (nSPS) is 16.4. The van der Waals surface area contributed by atoms with Crippen molar-refractivity contribution in [2.75, 3.05) is 19.0 Å². The van der Waals surface area contributed by atoms with Gasteiger partial charge in [0.15, 0.2) is 5.11 Å². The third-order valence-electron chi connectivity index (χ3n) is 6.56. The molecule has 1 amide bonds. The predicted molar refractivity (Wildman–Crippen MR) is 155 cm³/mol. The Kier molecular flexibility index (Phi) is 7.99. The highest BCUT2D eigenvalue weighted by Gasteiger charge is 2.41. The number of para-hydroxylation sites is 2. The maximum absolute atomic E-state index is 12.9. The number of aromatic carboxylic acids is 1. The third-order valence-corrected chi connectivity index (χ3v) is 7.24. The average molecular weight is 577 g/mol. The summed E-state index contributed by atoms with van der Waals surface area (Å²) in [6.07, 6.45) is 1.84. The van der Waals surface area contributed by atoms with E-state index in [1.807, 2.05) is 35.2 Å². The Hall–Kier alpha value is -4.41. The van der Waals surface area contributed by atoms with Crippen LogP contribution in [0.25, 0.3) is 11.3 Å². The van der Waals surface area contributed by atoms with Crippen molar-refractivity contribution < 1.29 is 23.8 Å². The number of nitrogens with one attached hydrogen (secondary N) is 2. The molecule has 3 heterocycles. The number of aromatic nitrogens is 1. The zero-order chi connectivity index (χ0) is 28.2. The van der Waals surface area contributed by atoms with Gasteiger partial charge in [-0.2, -0.15) is 0 Å². The minimum atomic E-state index is -1.07. The second kappa shape index (κ2) is 11.8. The van der Waals surface area contributed by atoms with Crippen molar-refractivity contribution in [3.05, 3.63) is 101 Å². The van der Waals surface area contributed by atoms with E-state index in [0.717, 1.165) is 5.69 Å². The second-order valence-electron chi connectivity index (χ2n) is 9.02. The van der Waals surface area contributed by atoms with E-state index in [-0.39, 0.29) is 23.9 Å². The molecule has 1 fully saturated rings. The fraction of sp³-hybridized carbons (Fsp3) is 0.172. The van der Waals surface area contributed by atoms with Gasteiger partial charge < -0.3 is 29.8 Å². The number of benzene rings is 2. The monoisotopic (exact) mass is 576 g/mol. The second-order valence-corrected chi connectivity index (χ2v) is 9.81. The Morgan fingerprint density at radius 1 is 1.15 bits per heavy atom. The van der Waals surface area contributed by atoms with Crippen molar-refractivity contribution in [1.29, 1.82) is 0 Å². The van der Waals surface area contributed by atoms with Crippen LogP contribution in [0.3, 0.4) is 0 Å². The van der Waals surface area contributed by atoms with Gasteiger partial charge in [-0.25, -0.2) is 4.79 Å². The predicted octanol–water partition coefficient (Wildman–Crippen LogP) is 5.70. The lowest BCUT2D eigenvalue weighted by atomic mass is 10.0. The highest BCUT2D eigenvalue weighted by molar-refractivity contribution is 7.80. The fourth-order valence-electron chi connectivity index (χ4n) is 4.64. The molecule has 204 valence electrons. The number of furan rings is 1. The Balaban J connectivity index is 1.43. The van der Waals surface area contributed by atoms with E-state index in [1.165, 1.54) is 18.2 Å². The molecule has 1 aliphatic heterocycles. The van der Waals surface area contributed by atoms with Crippen molar-refractivity contribution in [2.45, 2.75) is 18.5 Å². The Labute approximate surface area is 240 Å². The Bertz CT molecular complexity index is 1560. The van der Waals surface area contributed by atoms with Crippen molar-refractivity contribution in [3.8, 4) is 17.1 Å². The summed E-state index contributed by atoms with van der Waals surface area (Å²) in [7, 11) is 1.55. The number of halogens is 1. The van der Waals surface area contributed by atoms with Crippen LogP contribution < -0.4 is 15.4 Å². The Morgan fingerprint density at radius 2 is 1.95 bits per heavy atom. The number of nitrogens with zero attached hydrogens (tertiary/aromatic N) is 2. The van der Waals surface area contributed by atoms with E-state index in [2.05, 4.69) is 15.6 Å². The molecule has 0 saturated carbocycles. The minimum Gasteiger partial charge on any atom is -0.495 e. The number of carboxylic acid groups (broad SMARTS) is 1. The molecule has 0 bridgehead atoms. The van der Waals surface area contributed by atoms with Gasteiger partial charge in [-0.3, -0.25) is 9.78 Å². The van der Waals surface area contributed by atoms with Gasteiger partial charge in [0.25, 0.3) is 0 Å². The summed E-state index contributed by atoms with van der Waals surface area (Å²) in [6, 6.07) is 20.0. The number of pyridine rings is 1. The zero-order valence-corrected chi connectivity index (χ0v) is 22.9. The topological polar surface area (TPSA) is 117 Å². The molecule has 11 heteroatoms. The number of amides is 1. The first-order valence-electron chi connectivity index (χ1n) is 12.4. The number of methoxy groups -OCH3 is 1. The van der Waals surface area contributed by atoms with Gasteiger partial charge in [-0.1, -0.05) is 29.8 Å². The summed E-state index contributed by atoms with van der Waals surface area (Å²) in [5.41, 5.74) is 1.88.